The van der Waals surface area contributed by atoms with Gasteiger partial charge < -0.3 is 9.84 Å². The SMILES string of the molecule is COc1ccc(/C=C/c2ccc(C(=O)O)nc2)cc1. The normalized spacial score (nSPS) is 10.6. The molecule has 1 N–H and O–H groups in total. The quantitative estimate of drug-likeness (QED) is 0.912. The van der Waals surface area contributed by atoms with Crippen LogP contribution in [-0.4, -0.2) is 23.2 Å². The molecule has 0 aliphatic heterocycles. The first-order valence-corrected chi connectivity index (χ1v) is 5.70. The minimum Gasteiger partial charge on any atom is -0.497 e. The van der Waals surface area contributed by atoms with E-state index in [9.17, 15) is 4.79 Å². The first-order chi connectivity index (χ1) is 9.19. The molecule has 19 heavy (non-hydrogen) atoms. The number of hydrogen-bond acceptors (Lipinski definition) is 3. The third-order valence-corrected chi connectivity index (χ3v) is 2.59. The van der Waals surface area contributed by atoms with E-state index >= 15 is 0 Å². The standard InChI is InChI=1S/C15H13NO3/c1-19-13-7-4-11(5-8-13)2-3-12-6-9-14(15(17)18)16-10-12/h2-10H,1H3,(H,17,18)/b3-2+. The van der Waals surface area contributed by atoms with Crippen LogP contribution in [0.4, 0.5) is 0 Å². The fourth-order valence-electron chi connectivity index (χ4n) is 1.54. The second-order valence-electron chi connectivity index (χ2n) is 3.89. The third-order valence-electron chi connectivity index (χ3n) is 2.59. The lowest BCUT2D eigenvalue weighted by molar-refractivity contribution is 0.0690. The van der Waals surface area contributed by atoms with Crippen LogP contribution in [0.2, 0.25) is 0 Å². The van der Waals surface area contributed by atoms with E-state index in [4.69, 9.17) is 9.84 Å². The predicted octanol–water partition coefficient (Wildman–Crippen LogP) is 2.96. The van der Waals surface area contributed by atoms with Crippen LogP contribution in [0.5, 0.6) is 5.75 Å². The van der Waals surface area contributed by atoms with Crippen molar-refractivity contribution >= 4 is 18.1 Å². The van der Waals surface area contributed by atoms with E-state index in [2.05, 4.69) is 4.98 Å². The summed E-state index contributed by atoms with van der Waals surface area (Å²) in [5.74, 6) is -0.213. The van der Waals surface area contributed by atoms with Gasteiger partial charge in [0.15, 0.2) is 0 Å². The molecule has 1 aromatic heterocycles. The average Bonchev–Trinajstić information content (AvgIpc) is 2.46. The Labute approximate surface area is 111 Å². The second kappa shape index (κ2) is 5.82. The van der Waals surface area contributed by atoms with E-state index in [0.717, 1.165) is 16.9 Å². The lowest BCUT2D eigenvalue weighted by atomic mass is 10.1. The number of aromatic carboxylic acids is 1. The summed E-state index contributed by atoms with van der Waals surface area (Å²) in [7, 11) is 1.63. The molecule has 2 rings (SSSR count). The Bertz CT molecular complexity index is 586. The van der Waals surface area contributed by atoms with Crippen molar-refractivity contribution in [3.63, 3.8) is 0 Å². The molecule has 0 saturated carbocycles. The molecule has 96 valence electrons. The smallest absolute Gasteiger partial charge is 0.354 e. The number of aromatic nitrogens is 1. The van der Waals surface area contributed by atoms with Crippen LogP contribution in [0.1, 0.15) is 21.6 Å². The summed E-state index contributed by atoms with van der Waals surface area (Å²) in [4.78, 5) is 14.5. The van der Waals surface area contributed by atoms with Gasteiger partial charge in [-0.05, 0) is 29.3 Å². The van der Waals surface area contributed by atoms with Gasteiger partial charge in [-0.2, -0.15) is 0 Å². The number of nitrogens with zero attached hydrogens (tertiary/aromatic N) is 1. The Hall–Kier alpha value is -2.62. The van der Waals surface area contributed by atoms with Crippen LogP contribution in [-0.2, 0) is 0 Å². The molecule has 0 aliphatic rings. The highest BCUT2D eigenvalue weighted by Crippen LogP contribution is 2.13. The van der Waals surface area contributed by atoms with Gasteiger partial charge in [0.05, 0.1) is 7.11 Å². The van der Waals surface area contributed by atoms with E-state index in [1.807, 2.05) is 36.4 Å². The molecule has 0 unspecified atom stereocenters. The Morgan fingerprint density at radius 3 is 2.26 bits per heavy atom. The molecule has 0 atom stereocenters. The average molecular weight is 255 g/mol. The van der Waals surface area contributed by atoms with Crippen molar-refractivity contribution < 1.29 is 14.6 Å². The number of carboxylic acids is 1. The lowest BCUT2D eigenvalue weighted by Gasteiger charge is -1.99. The number of carbonyl (C=O) groups is 1. The van der Waals surface area contributed by atoms with Crippen molar-refractivity contribution in [1.29, 1.82) is 0 Å². The maximum Gasteiger partial charge on any atom is 0.354 e. The summed E-state index contributed by atoms with van der Waals surface area (Å²) in [5, 5.41) is 8.74. The summed E-state index contributed by atoms with van der Waals surface area (Å²) >= 11 is 0. The summed E-state index contributed by atoms with van der Waals surface area (Å²) < 4.78 is 5.08. The van der Waals surface area contributed by atoms with E-state index in [0.29, 0.717) is 0 Å². The summed E-state index contributed by atoms with van der Waals surface area (Å²) in [5.41, 5.74) is 1.92. The molecule has 0 radical (unpaired) electrons. The van der Waals surface area contributed by atoms with Gasteiger partial charge in [0.2, 0.25) is 0 Å². The second-order valence-corrected chi connectivity index (χ2v) is 3.89. The number of pyridine rings is 1. The number of rotatable bonds is 4. The van der Waals surface area contributed by atoms with Crippen LogP contribution < -0.4 is 4.74 Å². The largest absolute Gasteiger partial charge is 0.497 e. The van der Waals surface area contributed by atoms with Crippen LogP contribution in [0.15, 0.2) is 42.6 Å². The topological polar surface area (TPSA) is 59.4 Å². The molecule has 2 aromatic rings. The van der Waals surface area contributed by atoms with E-state index in [-0.39, 0.29) is 5.69 Å². The van der Waals surface area contributed by atoms with Gasteiger partial charge in [-0.3, -0.25) is 0 Å². The van der Waals surface area contributed by atoms with Crippen molar-refractivity contribution in [2.45, 2.75) is 0 Å². The molecular formula is C15H13NO3. The minimum atomic E-state index is -1.02. The van der Waals surface area contributed by atoms with Gasteiger partial charge in [-0.25, -0.2) is 9.78 Å². The lowest BCUT2D eigenvalue weighted by Crippen LogP contribution is -1.98. The van der Waals surface area contributed by atoms with E-state index in [1.165, 1.54) is 12.3 Å². The van der Waals surface area contributed by atoms with Gasteiger partial charge in [-0.1, -0.05) is 30.4 Å². The number of hydrogen-bond donors (Lipinski definition) is 1. The van der Waals surface area contributed by atoms with Crippen molar-refractivity contribution in [2.75, 3.05) is 7.11 Å². The van der Waals surface area contributed by atoms with E-state index in [1.54, 1.807) is 13.2 Å². The zero-order chi connectivity index (χ0) is 13.7. The predicted molar refractivity (Wildman–Crippen MR) is 73.1 cm³/mol. The Morgan fingerprint density at radius 1 is 1.11 bits per heavy atom. The molecule has 4 nitrogen and oxygen atoms in total. The molecule has 1 aromatic carbocycles. The number of methoxy groups -OCH3 is 1. The summed E-state index contributed by atoms with van der Waals surface area (Å²) in [6.07, 6.45) is 5.33. The van der Waals surface area contributed by atoms with Crippen LogP contribution >= 0.6 is 0 Å². The van der Waals surface area contributed by atoms with Gasteiger partial charge in [-0.15, -0.1) is 0 Å². The van der Waals surface area contributed by atoms with Gasteiger partial charge in [0.1, 0.15) is 11.4 Å². The number of carboxylic acid groups (broad SMARTS) is 1. The van der Waals surface area contributed by atoms with Crippen LogP contribution in [0, 0.1) is 0 Å². The molecule has 1 heterocycles. The third kappa shape index (κ3) is 3.42. The highest BCUT2D eigenvalue weighted by Gasteiger charge is 2.01. The van der Waals surface area contributed by atoms with Gasteiger partial charge in [0.25, 0.3) is 0 Å². The molecule has 0 aliphatic carbocycles. The van der Waals surface area contributed by atoms with Crippen molar-refractivity contribution in [3.05, 3.63) is 59.4 Å². The highest BCUT2D eigenvalue weighted by molar-refractivity contribution is 5.85. The monoisotopic (exact) mass is 255 g/mol. The van der Waals surface area contributed by atoms with Gasteiger partial charge in [0, 0.05) is 6.20 Å². The molecular weight excluding hydrogens is 242 g/mol. The Balaban J connectivity index is 2.10. The first kappa shape index (κ1) is 12.8. The molecule has 0 bridgehead atoms. The summed E-state index contributed by atoms with van der Waals surface area (Å²) in [6.45, 7) is 0. The fourth-order valence-corrected chi connectivity index (χ4v) is 1.54. The first-order valence-electron chi connectivity index (χ1n) is 5.70. The molecule has 0 amide bonds. The fraction of sp³-hybridized carbons (Fsp3) is 0.0667. The Morgan fingerprint density at radius 2 is 1.74 bits per heavy atom. The van der Waals surface area contributed by atoms with E-state index < -0.39 is 5.97 Å². The summed E-state index contributed by atoms with van der Waals surface area (Å²) in [6, 6.07) is 10.8. The van der Waals surface area contributed by atoms with Crippen molar-refractivity contribution in [2.24, 2.45) is 0 Å². The zero-order valence-corrected chi connectivity index (χ0v) is 10.4. The maximum absolute atomic E-state index is 10.7. The van der Waals surface area contributed by atoms with Crippen molar-refractivity contribution in [1.82, 2.24) is 4.98 Å². The minimum absolute atomic E-state index is 0.0431. The maximum atomic E-state index is 10.7. The molecule has 4 heteroatoms. The molecule has 0 spiro atoms. The molecule has 0 saturated heterocycles. The highest BCUT2D eigenvalue weighted by atomic mass is 16.5. The number of benzene rings is 1. The van der Waals surface area contributed by atoms with Crippen LogP contribution in [0.25, 0.3) is 12.2 Å². The van der Waals surface area contributed by atoms with Crippen molar-refractivity contribution in [3.8, 4) is 5.75 Å². The van der Waals surface area contributed by atoms with Gasteiger partial charge >= 0.3 is 5.97 Å². The van der Waals surface area contributed by atoms with Crippen LogP contribution in [0.3, 0.4) is 0 Å². The zero-order valence-electron chi connectivity index (χ0n) is 10.4. The number of ether oxygens (including phenoxy) is 1. The Kier molecular flexibility index (Phi) is 3.93. The molecule has 0 fully saturated rings.